The Morgan fingerprint density at radius 1 is 1.13 bits per heavy atom. The third kappa shape index (κ3) is 3.09. The summed E-state index contributed by atoms with van der Waals surface area (Å²) in [6.45, 7) is 4.56. The summed E-state index contributed by atoms with van der Waals surface area (Å²) in [5, 5.41) is 0. The number of hydrogen-bond acceptors (Lipinski definition) is 0. The highest BCUT2D eigenvalue weighted by Crippen LogP contribution is 2.30. The first-order chi connectivity index (χ1) is 7.24. The lowest BCUT2D eigenvalue weighted by Crippen LogP contribution is -2.15. The summed E-state index contributed by atoms with van der Waals surface area (Å²) < 4.78 is 0. The number of hydrogen-bond donors (Lipinski definition) is 0. The van der Waals surface area contributed by atoms with Crippen molar-refractivity contribution in [3.05, 3.63) is 35.4 Å². The van der Waals surface area contributed by atoms with E-state index in [0.717, 1.165) is 11.8 Å². The summed E-state index contributed by atoms with van der Waals surface area (Å²) in [4.78, 5) is 0. The van der Waals surface area contributed by atoms with Crippen molar-refractivity contribution >= 4 is 0 Å². The normalized spacial score (nSPS) is 26.5. The number of rotatable bonds is 2. The standard InChI is InChI=1S/C15H22/c1-12-6-8-14(9-7-12)11-15-5-3-4-13(2)10-15/h6-9,13,15H,3-5,10-11H2,1-2H3. The van der Waals surface area contributed by atoms with E-state index in [1.165, 1.54) is 43.2 Å². The van der Waals surface area contributed by atoms with E-state index in [4.69, 9.17) is 0 Å². The van der Waals surface area contributed by atoms with Gasteiger partial charge in [0.05, 0.1) is 0 Å². The smallest absolute Gasteiger partial charge is 0.0250 e. The van der Waals surface area contributed by atoms with Gasteiger partial charge in [-0.2, -0.15) is 0 Å². The van der Waals surface area contributed by atoms with Crippen molar-refractivity contribution in [1.29, 1.82) is 0 Å². The van der Waals surface area contributed by atoms with Crippen molar-refractivity contribution in [1.82, 2.24) is 0 Å². The van der Waals surface area contributed by atoms with Crippen LogP contribution < -0.4 is 0 Å². The first kappa shape index (κ1) is 10.7. The maximum atomic E-state index is 2.40. The van der Waals surface area contributed by atoms with Crippen LogP contribution in [0.3, 0.4) is 0 Å². The van der Waals surface area contributed by atoms with Crippen molar-refractivity contribution < 1.29 is 0 Å². The van der Waals surface area contributed by atoms with Gasteiger partial charge in [0.15, 0.2) is 0 Å². The molecular weight excluding hydrogens is 180 g/mol. The summed E-state index contributed by atoms with van der Waals surface area (Å²) in [6, 6.07) is 9.08. The molecule has 0 amide bonds. The van der Waals surface area contributed by atoms with Crippen LogP contribution in [0.25, 0.3) is 0 Å². The molecule has 0 heteroatoms. The van der Waals surface area contributed by atoms with E-state index in [2.05, 4.69) is 38.1 Å². The van der Waals surface area contributed by atoms with E-state index >= 15 is 0 Å². The largest absolute Gasteiger partial charge is 0.0625 e. The van der Waals surface area contributed by atoms with E-state index in [1.54, 1.807) is 0 Å². The van der Waals surface area contributed by atoms with Crippen molar-refractivity contribution in [2.45, 2.75) is 46.0 Å². The number of aryl methyl sites for hydroxylation is 1. The van der Waals surface area contributed by atoms with Gasteiger partial charge in [-0.15, -0.1) is 0 Å². The number of benzene rings is 1. The highest BCUT2D eigenvalue weighted by atomic mass is 14.2. The minimum Gasteiger partial charge on any atom is -0.0625 e. The van der Waals surface area contributed by atoms with Crippen LogP contribution in [0.15, 0.2) is 24.3 Å². The van der Waals surface area contributed by atoms with Gasteiger partial charge in [-0.1, -0.05) is 56.0 Å². The zero-order chi connectivity index (χ0) is 10.7. The van der Waals surface area contributed by atoms with Crippen LogP contribution in [0.2, 0.25) is 0 Å². The second-order valence-electron chi connectivity index (χ2n) is 5.33. The summed E-state index contributed by atoms with van der Waals surface area (Å²) in [7, 11) is 0. The highest BCUT2D eigenvalue weighted by molar-refractivity contribution is 5.21. The van der Waals surface area contributed by atoms with E-state index in [-0.39, 0.29) is 0 Å². The first-order valence-electron chi connectivity index (χ1n) is 6.29. The molecule has 1 aliphatic carbocycles. The van der Waals surface area contributed by atoms with E-state index in [9.17, 15) is 0 Å². The molecule has 1 aromatic carbocycles. The van der Waals surface area contributed by atoms with E-state index in [0.29, 0.717) is 0 Å². The lowest BCUT2D eigenvalue weighted by Gasteiger charge is -2.26. The summed E-state index contributed by atoms with van der Waals surface area (Å²) >= 11 is 0. The fourth-order valence-electron chi connectivity index (χ4n) is 2.80. The van der Waals surface area contributed by atoms with Gasteiger partial charge >= 0.3 is 0 Å². The molecule has 0 bridgehead atoms. The molecule has 0 aliphatic heterocycles. The maximum Gasteiger partial charge on any atom is -0.0250 e. The molecule has 2 unspecified atom stereocenters. The first-order valence-corrected chi connectivity index (χ1v) is 6.29. The van der Waals surface area contributed by atoms with Gasteiger partial charge in [-0.3, -0.25) is 0 Å². The van der Waals surface area contributed by atoms with Gasteiger partial charge < -0.3 is 0 Å². The van der Waals surface area contributed by atoms with Crippen molar-refractivity contribution in [3.63, 3.8) is 0 Å². The van der Waals surface area contributed by atoms with Crippen LogP contribution in [0.4, 0.5) is 0 Å². The second-order valence-corrected chi connectivity index (χ2v) is 5.33. The highest BCUT2D eigenvalue weighted by Gasteiger charge is 2.18. The Kier molecular flexibility index (Phi) is 3.45. The fraction of sp³-hybridized carbons (Fsp3) is 0.600. The molecule has 0 nitrogen and oxygen atoms in total. The Morgan fingerprint density at radius 3 is 2.53 bits per heavy atom. The van der Waals surface area contributed by atoms with Crippen LogP contribution in [-0.2, 0) is 6.42 Å². The second kappa shape index (κ2) is 4.83. The molecule has 0 radical (unpaired) electrons. The monoisotopic (exact) mass is 202 g/mol. The van der Waals surface area contributed by atoms with Crippen LogP contribution >= 0.6 is 0 Å². The van der Waals surface area contributed by atoms with E-state index < -0.39 is 0 Å². The van der Waals surface area contributed by atoms with Crippen LogP contribution in [0.5, 0.6) is 0 Å². The molecule has 0 saturated heterocycles. The molecule has 1 aliphatic rings. The quantitative estimate of drug-likeness (QED) is 0.668. The molecule has 1 aromatic rings. The average Bonchev–Trinajstić information content (AvgIpc) is 2.22. The third-order valence-corrected chi connectivity index (χ3v) is 3.69. The Bertz CT molecular complexity index is 296. The molecule has 0 heterocycles. The lowest BCUT2D eigenvalue weighted by atomic mass is 9.79. The van der Waals surface area contributed by atoms with Crippen molar-refractivity contribution in [3.8, 4) is 0 Å². The van der Waals surface area contributed by atoms with Gasteiger partial charge in [-0.25, -0.2) is 0 Å². The molecule has 82 valence electrons. The summed E-state index contributed by atoms with van der Waals surface area (Å²) in [6.07, 6.45) is 7.07. The zero-order valence-electron chi connectivity index (χ0n) is 10.00. The lowest BCUT2D eigenvalue weighted by molar-refractivity contribution is 0.281. The molecular formula is C15H22. The van der Waals surface area contributed by atoms with Gasteiger partial charge in [0.1, 0.15) is 0 Å². The van der Waals surface area contributed by atoms with Gasteiger partial charge in [0.2, 0.25) is 0 Å². The van der Waals surface area contributed by atoms with Crippen LogP contribution in [-0.4, -0.2) is 0 Å². The molecule has 0 aromatic heterocycles. The molecule has 0 N–H and O–H groups in total. The maximum absolute atomic E-state index is 2.40. The van der Waals surface area contributed by atoms with Crippen molar-refractivity contribution in [2.75, 3.05) is 0 Å². The molecule has 2 rings (SSSR count). The van der Waals surface area contributed by atoms with Gasteiger partial charge in [0.25, 0.3) is 0 Å². The Morgan fingerprint density at radius 2 is 1.87 bits per heavy atom. The minimum atomic E-state index is 0.941. The van der Waals surface area contributed by atoms with Crippen LogP contribution in [0, 0.1) is 18.8 Å². The van der Waals surface area contributed by atoms with E-state index in [1.807, 2.05) is 0 Å². The average molecular weight is 202 g/mol. The molecule has 2 atom stereocenters. The summed E-state index contributed by atoms with van der Waals surface area (Å²) in [5.41, 5.74) is 2.90. The topological polar surface area (TPSA) is 0 Å². The predicted octanol–water partition coefficient (Wildman–Crippen LogP) is 4.36. The van der Waals surface area contributed by atoms with Crippen molar-refractivity contribution in [2.24, 2.45) is 11.8 Å². The Balaban J connectivity index is 1.93. The predicted molar refractivity (Wildman–Crippen MR) is 66.0 cm³/mol. The third-order valence-electron chi connectivity index (χ3n) is 3.69. The molecule has 15 heavy (non-hydrogen) atoms. The zero-order valence-corrected chi connectivity index (χ0v) is 10.00. The molecule has 1 fully saturated rings. The minimum absolute atomic E-state index is 0.941. The molecule has 1 saturated carbocycles. The Labute approximate surface area is 93.7 Å². The molecule has 0 spiro atoms. The van der Waals surface area contributed by atoms with Gasteiger partial charge in [-0.05, 0) is 37.2 Å². The Hall–Kier alpha value is -0.780. The van der Waals surface area contributed by atoms with Gasteiger partial charge in [0, 0.05) is 0 Å². The summed E-state index contributed by atoms with van der Waals surface area (Å²) in [5.74, 6) is 1.89. The SMILES string of the molecule is Cc1ccc(CC2CCCC(C)C2)cc1. The fourth-order valence-corrected chi connectivity index (χ4v) is 2.80. The van der Waals surface area contributed by atoms with Crippen LogP contribution in [0.1, 0.15) is 43.7 Å².